The molecule has 1 aromatic rings. The monoisotopic (exact) mass is 231 g/mol. The molecular weight excluding hydrogens is 218 g/mol. The summed E-state index contributed by atoms with van der Waals surface area (Å²) in [6, 6.07) is 0. The van der Waals surface area contributed by atoms with Gasteiger partial charge < -0.3 is 10.8 Å². The molecule has 0 bridgehead atoms. The van der Waals surface area contributed by atoms with Gasteiger partial charge in [-0.25, -0.2) is 4.98 Å². The number of nitrogens with two attached hydrogens (primary N) is 1. The van der Waals surface area contributed by atoms with E-state index < -0.39 is 0 Å². The summed E-state index contributed by atoms with van der Waals surface area (Å²) in [6.07, 6.45) is 4.40. The standard InChI is InChI=1S/C8H13N3OS2/c9-8(4-12)2-1-6(3-8)13-7-10-5-11-14-7/h5-6,12H,1-4,9H2. The molecule has 3 N–H and O–H groups in total. The van der Waals surface area contributed by atoms with E-state index in [-0.39, 0.29) is 12.1 Å². The van der Waals surface area contributed by atoms with Crippen molar-refractivity contribution in [1.29, 1.82) is 0 Å². The number of aliphatic hydroxyl groups is 1. The van der Waals surface area contributed by atoms with Gasteiger partial charge in [-0.15, -0.1) is 0 Å². The van der Waals surface area contributed by atoms with Crippen molar-refractivity contribution < 1.29 is 5.11 Å². The van der Waals surface area contributed by atoms with Gasteiger partial charge in [-0.05, 0) is 30.8 Å². The van der Waals surface area contributed by atoms with E-state index in [1.807, 2.05) is 0 Å². The SMILES string of the molecule is NC1(CO)CCC(Sc2ncns2)C1. The molecule has 1 heterocycles. The van der Waals surface area contributed by atoms with Crippen LogP contribution in [0.1, 0.15) is 19.3 Å². The molecule has 1 saturated carbocycles. The van der Waals surface area contributed by atoms with Crippen molar-refractivity contribution in [1.82, 2.24) is 9.36 Å². The summed E-state index contributed by atoms with van der Waals surface area (Å²) >= 11 is 3.15. The van der Waals surface area contributed by atoms with E-state index in [4.69, 9.17) is 10.8 Å². The molecule has 0 spiro atoms. The molecule has 0 amide bonds. The van der Waals surface area contributed by atoms with E-state index in [9.17, 15) is 0 Å². The number of aromatic nitrogens is 2. The fourth-order valence-corrected chi connectivity index (χ4v) is 3.74. The average Bonchev–Trinajstić information content (AvgIpc) is 2.78. The Morgan fingerprint density at radius 1 is 1.79 bits per heavy atom. The van der Waals surface area contributed by atoms with Gasteiger partial charge in [0.1, 0.15) is 6.33 Å². The van der Waals surface area contributed by atoms with Gasteiger partial charge in [-0.3, -0.25) is 0 Å². The van der Waals surface area contributed by atoms with Crippen molar-refractivity contribution in [3.63, 3.8) is 0 Å². The quantitative estimate of drug-likeness (QED) is 0.807. The van der Waals surface area contributed by atoms with Gasteiger partial charge >= 0.3 is 0 Å². The molecule has 1 fully saturated rings. The summed E-state index contributed by atoms with van der Waals surface area (Å²) in [5, 5.41) is 9.60. The van der Waals surface area contributed by atoms with E-state index >= 15 is 0 Å². The number of thioether (sulfide) groups is 1. The van der Waals surface area contributed by atoms with Crippen LogP contribution in [0.3, 0.4) is 0 Å². The van der Waals surface area contributed by atoms with Gasteiger partial charge in [-0.2, -0.15) is 4.37 Å². The summed E-state index contributed by atoms with van der Waals surface area (Å²) < 4.78 is 4.95. The van der Waals surface area contributed by atoms with Gasteiger partial charge in [0.05, 0.1) is 6.61 Å². The van der Waals surface area contributed by atoms with Crippen LogP contribution in [0.25, 0.3) is 0 Å². The van der Waals surface area contributed by atoms with Gasteiger partial charge in [0, 0.05) is 10.8 Å². The molecule has 1 aromatic heterocycles. The molecule has 1 aliphatic rings. The van der Waals surface area contributed by atoms with Crippen LogP contribution in [0.2, 0.25) is 0 Å². The molecule has 2 unspecified atom stereocenters. The summed E-state index contributed by atoms with van der Waals surface area (Å²) in [6.45, 7) is 0.0835. The molecule has 14 heavy (non-hydrogen) atoms. The van der Waals surface area contributed by atoms with E-state index in [1.54, 1.807) is 18.1 Å². The lowest BCUT2D eigenvalue weighted by atomic mass is 10.0. The first-order valence-electron chi connectivity index (χ1n) is 4.55. The number of rotatable bonds is 3. The van der Waals surface area contributed by atoms with Crippen LogP contribution in [-0.4, -0.2) is 31.9 Å². The molecular formula is C8H13N3OS2. The van der Waals surface area contributed by atoms with Gasteiger partial charge in [0.25, 0.3) is 0 Å². The van der Waals surface area contributed by atoms with Gasteiger partial charge in [0.2, 0.25) is 0 Å². The first kappa shape index (κ1) is 10.4. The van der Waals surface area contributed by atoms with Crippen molar-refractivity contribution >= 4 is 23.3 Å². The maximum absolute atomic E-state index is 9.11. The molecule has 2 atom stereocenters. The predicted octanol–water partition coefficient (Wildman–Crippen LogP) is 0.873. The maximum Gasteiger partial charge on any atom is 0.170 e. The minimum atomic E-state index is -0.359. The van der Waals surface area contributed by atoms with Crippen LogP contribution in [0.4, 0.5) is 0 Å². The Morgan fingerprint density at radius 2 is 2.64 bits per heavy atom. The van der Waals surface area contributed by atoms with Crippen LogP contribution in [0, 0.1) is 0 Å². The smallest absolute Gasteiger partial charge is 0.170 e. The predicted molar refractivity (Wildman–Crippen MR) is 57.4 cm³/mol. The summed E-state index contributed by atoms with van der Waals surface area (Å²) in [7, 11) is 0. The molecule has 0 aliphatic heterocycles. The van der Waals surface area contributed by atoms with Crippen LogP contribution in [0.15, 0.2) is 10.7 Å². The molecule has 0 aromatic carbocycles. The second-order valence-corrected chi connectivity index (χ2v) is 6.04. The largest absolute Gasteiger partial charge is 0.394 e. The molecule has 0 radical (unpaired) electrons. The van der Waals surface area contributed by atoms with E-state index in [1.165, 1.54) is 11.5 Å². The maximum atomic E-state index is 9.11. The second-order valence-electron chi connectivity index (χ2n) is 3.71. The first-order chi connectivity index (χ1) is 6.72. The third-order valence-corrected chi connectivity index (χ3v) is 4.54. The molecule has 4 nitrogen and oxygen atoms in total. The highest BCUT2D eigenvalue weighted by Crippen LogP contribution is 2.38. The third kappa shape index (κ3) is 2.25. The van der Waals surface area contributed by atoms with Crippen molar-refractivity contribution in [3.05, 3.63) is 6.33 Å². The van der Waals surface area contributed by atoms with Crippen molar-refractivity contribution in [2.45, 2.75) is 34.4 Å². The van der Waals surface area contributed by atoms with E-state index in [2.05, 4.69) is 9.36 Å². The zero-order chi connectivity index (χ0) is 10.0. The van der Waals surface area contributed by atoms with Gasteiger partial charge in [0.15, 0.2) is 4.34 Å². The minimum Gasteiger partial charge on any atom is -0.394 e. The van der Waals surface area contributed by atoms with E-state index in [0.717, 1.165) is 23.6 Å². The fourth-order valence-electron chi connectivity index (χ4n) is 1.71. The lowest BCUT2D eigenvalue weighted by molar-refractivity contribution is 0.200. The van der Waals surface area contributed by atoms with Gasteiger partial charge in [-0.1, -0.05) is 11.8 Å². The summed E-state index contributed by atoms with van der Waals surface area (Å²) in [5.74, 6) is 0. The highest BCUT2D eigenvalue weighted by molar-refractivity contribution is 8.01. The number of hydrogen-bond donors (Lipinski definition) is 2. The average molecular weight is 231 g/mol. The number of nitrogens with zero attached hydrogens (tertiary/aromatic N) is 2. The van der Waals surface area contributed by atoms with Crippen LogP contribution >= 0.6 is 23.3 Å². The second kappa shape index (κ2) is 4.14. The zero-order valence-corrected chi connectivity index (χ0v) is 9.35. The highest BCUT2D eigenvalue weighted by Gasteiger charge is 2.35. The topological polar surface area (TPSA) is 72.0 Å². The molecule has 2 rings (SSSR count). The lowest BCUT2D eigenvalue weighted by Gasteiger charge is -2.20. The number of hydrogen-bond acceptors (Lipinski definition) is 6. The molecule has 6 heteroatoms. The zero-order valence-electron chi connectivity index (χ0n) is 7.72. The third-order valence-electron chi connectivity index (χ3n) is 2.52. The van der Waals surface area contributed by atoms with Crippen LogP contribution in [0.5, 0.6) is 0 Å². The van der Waals surface area contributed by atoms with Crippen molar-refractivity contribution in [3.8, 4) is 0 Å². The Labute approximate surface area is 91.1 Å². The molecule has 0 saturated heterocycles. The van der Waals surface area contributed by atoms with Crippen LogP contribution in [-0.2, 0) is 0 Å². The molecule has 78 valence electrons. The Balaban J connectivity index is 1.90. The Kier molecular flexibility index (Phi) is 3.06. The molecule has 1 aliphatic carbocycles. The summed E-state index contributed by atoms with van der Waals surface area (Å²) in [5.41, 5.74) is 5.62. The number of aliphatic hydroxyl groups excluding tert-OH is 1. The van der Waals surface area contributed by atoms with Crippen molar-refractivity contribution in [2.24, 2.45) is 5.73 Å². The highest BCUT2D eigenvalue weighted by atomic mass is 32.2. The van der Waals surface area contributed by atoms with Crippen LogP contribution < -0.4 is 5.73 Å². The minimum absolute atomic E-state index is 0.0835. The van der Waals surface area contributed by atoms with E-state index in [0.29, 0.717) is 5.25 Å². The first-order valence-corrected chi connectivity index (χ1v) is 6.20. The Hall–Kier alpha value is -0.170. The Bertz CT molecular complexity index is 293. The normalized spacial score (nSPS) is 32.3. The fraction of sp³-hybridized carbons (Fsp3) is 0.750. The lowest BCUT2D eigenvalue weighted by Crippen LogP contribution is -2.40. The summed E-state index contributed by atoms with van der Waals surface area (Å²) in [4.78, 5) is 4.12. The van der Waals surface area contributed by atoms with Crippen molar-refractivity contribution in [2.75, 3.05) is 6.61 Å². The Morgan fingerprint density at radius 3 is 3.21 bits per heavy atom.